The van der Waals surface area contributed by atoms with E-state index < -0.39 is 0 Å². The van der Waals surface area contributed by atoms with Crippen molar-refractivity contribution in [2.24, 2.45) is 10.9 Å². The largest absolute Gasteiger partial charge is 0.393 e. The van der Waals surface area contributed by atoms with Crippen LogP contribution in [0.4, 0.5) is 0 Å². The summed E-state index contributed by atoms with van der Waals surface area (Å²) in [4.78, 5) is 4.82. The van der Waals surface area contributed by atoms with Crippen LogP contribution in [-0.4, -0.2) is 36.8 Å². The number of nitrogens with one attached hydrogen (secondary N) is 2. The molecule has 1 aromatic carbocycles. The van der Waals surface area contributed by atoms with Gasteiger partial charge in [0.25, 0.3) is 0 Å². The Morgan fingerprint density at radius 2 is 2.00 bits per heavy atom. The van der Waals surface area contributed by atoms with Crippen LogP contribution in [0, 0.1) is 5.92 Å². The lowest BCUT2D eigenvalue weighted by atomic mass is 9.96. The van der Waals surface area contributed by atoms with Crippen LogP contribution < -0.4 is 10.6 Å². The van der Waals surface area contributed by atoms with Crippen molar-refractivity contribution in [3.63, 3.8) is 0 Å². The third-order valence-electron chi connectivity index (χ3n) is 5.27. The molecule has 126 valence electrons. The van der Waals surface area contributed by atoms with E-state index in [1.54, 1.807) is 0 Å². The highest BCUT2D eigenvalue weighted by molar-refractivity contribution is 5.79. The first-order chi connectivity index (χ1) is 11.2. The number of aliphatic hydroxyl groups is 1. The van der Waals surface area contributed by atoms with Gasteiger partial charge in [-0.05, 0) is 38.2 Å². The number of aliphatic hydroxyl groups excluding tert-OH is 1. The average molecular weight is 315 g/mol. The fourth-order valence-corrected chi connectivity index (χ4v) is 3.54. The minimum absolute atomic E-state index is 0.149. The molecule has 0 bridgehead atoms. The highest BCUT2D eigenvalue weighted by Gasteiger charge is 2.44. The highest BCUT2D eigenvalue weighted by atomic mass is 16.3. The zero-order valence-corrected chi connectivity index (χ0v) is 14.1. The SMILES string of the molecule is CCNC(=NCC1(c2ccccc2)CC1)NCC1CCCC1O. The predicted molar refractivity (Wildman–Crippen MR) is 94.7 cm³/mol. The molecular weight excluding hydrogens is 286 g/mol. The van der Waals surface area contributed by atoms with Gasteiger partial charge in [-0.15, -0.1) is 0 Å². The number of benzene rings is 1. The summed E-state index contributed by atoms with van der Waals surface area (Å²) < 4.78 is 0. The van der Waals surface area contributed by atoms with E-state index in [1.807, 2.05) is 0 Å². The Morgan fingerprint density at radius 1 is 1.22 bits per heavy atom. The van der Waals surface area contributed by atoms with Gasteiger partial charge in [-0.25, -0.2) is 0 Å². The summed E-state index contributed by atoms with van der Waals surface area (Å²) >= 11 is 0. The second-order valence-electron chi connectivity index (χ2n) is 6.98. The van der Waals surface area contributed by atoms with E-state index in [0.717, 1.165) is 44.9 Å². The quantitative estimate of drug-likeness (QED) is 0.558. The third-order valence-corrected chi connectivity index (χ3v) is 5.27. The molecule has 2 fully saturated rings. The monoisotopic (exact) mass is 315 g/mol. The van der Waals surface area contributed by atoms with Crippen molar-refractivity contribution in [3.8, 4) is 0 Å². The second kappa shape index (κ2) is 7.35. The van der Waals surface area contributed by atoms with E-state index in [2.05, 4.69) is 47.9 Å². The highest BCUT2D eigenvalue weighted by Crippen LogP contribution is 2.48. The number of nitrogens with zero attached hydrogens (tertiary/aromatic N) is 1. The van der Waals surface area contributed by atoms with Crippen molar-refractivity contribution in [1.82, 2.24) is 10.6 Å². The molecule has 0 amide bonds. The van der Waals surface area contributed by atoms with E-state index in [0.29, 0.717) is 5.92 Å². The van der Waals surface area contributed by atoms with Crippen molar-refractivity contribution in [3.05, 3.63) is 35.9 Å². The second-order valence-corrected chi connectivity index (χ2v) is 6.98. The lowest BCUT2D eigenvalue weighted by Crippen LogP contribution is -2.41. The number of rotatable bonds is 6. The summed E-state index contributed by atoms with van der Waals surface area (Å²) in [6.07, 6.45) is 5.49. The van der Waals surface area contributed by atoms with E-state index >= 15 is 0 Å². The van der Waals surface area contributed by atoms with Crippen molar-refractivity contribution in [1.29, 1.82) is 0 Å². The van der Waals surface area contributed by atoms with Crippen LogP contribution >= 0.6 is 0 Å². The lowest BCUT2D eigenvalue weighted by molar-refractivity contribution is 0.134. The molecule has 1 aromatic rings. The molecule has 2 unspecified atom stereocenters. The number of hydrogen-bond acceptors (Lipinski definition) is 2. The maximum absolute atomic E-state index is 9.95. The summed E-state index contributed by atoms with van der Waals surface area (Å²) in [6, 6.07) is 10.7. The van der Waals surface area contributed by atoms with Crippen molar-refractivity contribution >= 4 is 5.96 Å². The van der Waals surface area contributed by atoms with Crippen LogP contribution in [0.25, 0.3) is 0 Å². The molecule has 4 heteroatoms. The zero-order valence-electron chi connectivity index (χ0n) is 14.1. The first-order valence-electron chi connectivity index (χ1n) is 8.99. The summed E-state index contributed by atoms with van der Waals surface area (Å²) in [7, 11) is 0. The number of guanidine groups is 1. The van der Waals surface area contributed by atoms with Gasteiger partial charge >= 0.3 is 0 Å². The van der Waals surface area contributed by atoms with Crippen LogP contribution in [-0.2, 0) is 5.41 Å². The van der Waals surface area contributed by atoms with Crippen molar-refractivity contribution < 1.29 is 5.11 Å². The van der Waals surface area contributed by atoms with E-state index in [9.17, 15) is 5.11 Å². The normalized spacial score (nSPS) is 26.1. The Morgan fingerprint density at radius 3 is 2.61 bits per heavy atom. The van der Waals surface area contributed by atoms with Gasteiger partial charge in [0, 0.05) is 24.4 Å². The van der Waals surface area contributed by atoms with Gasteiger partial charge in [-0.2, -0.15) is 0 Å². The van der Waals surface area contributed by atoms with Crippen molar-refractivity contribution in [2.45, 2.75) is 50.5 Å². The van der Waals surface area contributed by atoms with Gasteiger partial charge in [0.05, 0.1) is 12.6 Å². The lowest BCUT2D eigenvalue weighted by Gasteiger charge is -2.19. The molecule has 2 aliphatic carbocycles. The molecule has 0 spiro atoms. The minimum Gasteiger partial charge on any atom is -0.393 e. The molecule has 2 saturated carbocycles. The fourth-order valence-electron chi connectivity index (χ4n) is 3.54. The van der Waals surface area contributed by atoms with E-state index in [-0.39, 0.29) is 11.5 Å². The Balaban J connectivity index is 1.58. The molecule has 4 nitrogen and oxygen atoms in total. The number of aliphatic imine (C=N–C) groups is 1. The van der Waals surface area contributed by atoms with Crippen LogP contribution in [0.2, 0.25) is 0 Å². The van der Waals surface area contributed by atoms with Gasteiger partial charge in [0.15, 0.2) is 5.96 Å². The molecule has 23 heavy (non-hydrogen) atoms. The Bertz CT molecular complexity index is 525. The summed E-state index contributed by atoms with van der Waals surface area (Å²) in [6.45, 7) is 4.59. The molecule has 0 heterocycles. The standard InChI is InChI=1S/C19H29N3O/c1-2-20-18(21-13-15-7-6-10-17(15)23)22-14-19(11-12-19)16-8-4-3-5-9-16/h3-5,8-9,15,17,23H,2,6-7,10-14H2,1H3,(H2,20,21,22). The third kappa shape index (κ3) is 4.05. The molecule has 0 aromatic heterocycles. The van der Waals surface area contributed by atoms with Gasteiger partial charge in [-0.1, -0.05) is 36.8 Å². The van der Waals surface area contributed by atoms with E-state index in [4.69, 9.17) is 4.99 Å². The molecule has 2 aliphatic rings. The minimum atomic E-state index is -0.149. The Hall–Kier alpha value is -1.55. The van der Waals surface area contributed by atoms with Gasteiger partial charge in [0.2, 0.25) is 0 Å². The van der Waals surface area contributed by atoms with Crippen LogP contribution in [0.5, 0.6) is 0 Å². The van der Waals surface area contributed by atoms with Crippen LogP contribution in [0.15, 0.2) is 35.3 Å². The maximum atomic E-state index is 9.95. The zero-order chi connectivity index (χ0) is 16.1. The van der Waals surface area contributed by atoms with Gasteiger partial charge in [0.1, 0.15) is 0 Å². The molecule has 0 aliphatic heterocycles. The number of hydrogen-bond donors (Lipinski definition) is 3. The summed E-state index contributed by atoms with van der Waals surface area (Å²) in [5, 5.41) is 16.7. The van der Waals surface area contributed by atoms with E-state index in [1.165, 1.54) is 18.4 Å². The smallest absolute Gasteiger partial charge is 0.191 e. The average Bonchev–Trinajstić information content (AvgIpc) is 3.27. The molecule has 3 rings (SSSR count). The summed E-state index contributed by atoms with van der Waals surface area (Å²) in [5.74, 6) is 1.25. The molecule has 0 radical (unpaired) electrons. The first kappa shape index (κ1) is 16.3. The topological polar surface area (TPSA) is 56.7 Å². The Kier molecular flexibility index (Phi) is 5.21. The molecular formula is C19H29N3O. The predicted octanol–water partition coefficient (Wildman–Crippen LogP) is 2.43. The summed E-state index contributed by atoms with van der Waals surface area (Å²) in [5.41, 5.74) is 1.65. The van der Waals surface area contributed by atoms with Gasteiger partial charge < -0.3 is 15.7 Å². The van der Waals surface area contributed by atoms with Crippen LogP contribution in [0.1, 0.15) is 44.6 Å². The maximum Gasteiger partial charge on any atom is 0.191 e. The Labute approximate surface area is 139 Å². The molecule has 2 atom stereocenters. The first-order valence-corrected chi connectivity index (χ1v) is 8.99. The van der Waals surface area contributed by atoms with Gasteiger partial charge in [-0.3, -0.25) is 4.99 Å². The van der Waals surface area contributed by atoms with Crippen molar-refractivity contribution in [2.75, 3.05) is 19.6 Å². The molecule has 0 saturated heterocycles. The van der Waals surface area contributed by atoms with Crippen LogP contribution in [0.3, 0.4) is 0 Å². The fraction of sp³-hybridized carbons (Fsp3) is 0.632. The molecule has 3 N–H and O–H groups in total.